The average Bonchev–Trinajstić information content (AvgIpc) is 3.03. The number of amides is 3. The van der Waals surface area contributed by atoms with Crippen LogP contribution in [0, 0.1) is 13.8 Å². The van der Waals surface area contributed by atoms with Crippen LogP contribution in [0.3, 0.4) is 0 Å². The van der Waals surface area contributed by atoms with E-state index in [1.807, 2.05) is 99.6 Å². The van der Waals surface area contributed by atoms with Crippen molar-refractivity contribution in [3.63, 3.8) is 0 Å². The number of urea groups is 1. The fraction of sp³-hybridized carbons (Fsp3) is 0.257. The lowest BCUT2D eigenvalue weighted by atomic mass is 10.1. The fourth-order valence-corrected chi connectivity index (χ4v) is 5.54. The lowest BCUT2D eigenvalue weighted by Crippen LogP contribution is -2.47. The Balaban J connectivity index is 1.37. The van der Waals surface area contributed by atoms with Gasteiger partial charge in [-0.05, 0) is 67.8 Å². The summed E-state index contributed by atoms with van der Waals surface area (Å²) in [7, 11) is 1.69. The number of benzene rings is 4. The first-order chi connectivity index (χ1) is 20.8. The lowest BCUT2D eigenvalue weighted by molar-refractivity contribution is 0.0940. The molecule has 0 aromatic heterocycles. The molecule has 1 unspecified atom stereocenters. The Labute approximate surface area is 253 Å². The normalized spacial score (nSPS) is 13.7. The summed E-state index contributed by atoms with van der Waals surface area (Å²) < 4.78 is 5.58. The third kappa shape index (κ3) is 6.92. The van der Waals surface area contributed by atoms with Crippen LogP contribution in [0.15, 0.2) is 91.0 Å². The molecular weight excluding hydrogens is 538 g/mol. The number of rotatable bonds is 8. The molecule has 0 bridgehead atoms. The molecule has 8 nitrogen and oxygen atoms in total. The predicted molar refractivity (Wildman–Crippen MR) is 175 cm³/mol. The molecule has 0 saturated carbocycles. The molecule has 1 saturated heterocycles. The van der Waals surface area contributed by atoms with E-state index in [1.54, 1.807) is 13.2 Å². The zero-order valence-electron chi connectivity index (χ0n) is 25.2. The molecule has 1 aliphatic heterocycles. The van der Waals surface area contributed by atoms with E-state index in [0.29, 0.717) is 11.3 Å². The Hall–Kier alpha value is -4.98. The van der Waals surface area contributed by atoms with E-state index in [1.165, 1.54) is 0 Å². The number of hydrogen-bond acceptors (Lipinski definition) is 5. The van der Waals surface area contributed by atoms with Crippen molar-refractivity contribution < 1.29 is 14.3 Å². The monoisotopic (exact) mass is 577 g/mol. The molecule has 3 amide bonds. The topological polar surface area (TPSA) is 85.9 Å². The van der Waals surface area contributed by atoms with Gasteiger partial charge in [0.05, 0.1) is 24.4 Å². The minimum atomic E-state index is -0.361. The molecular formula is C35H39N5O3. The highest BCUT2D eigenvalue weighted by molar-refractivity contribution is 6.04. The standard InChI is InChI=1S/C35H39N5O3/c1-24-11-10-12-25(2)33(24)38-35(42)37-28-17-18-30(29(23-28)34(41)36-26(3)27-13-6-5-7-14-27)39-19-21-40(22-20-39)31-15-8-9-16-32(31)43-4/h5-18,23,26H,19-22H2,1-4H3,(H,36,41)(H2,37,38,42). The highest BCUT2D eigenvalue weighted by atomic mass is 16.5. The minimum Gasteiger partial charge on any atom is -0.495 e. The zero-order valence-corrected chi connectivity index (χ0v) is 25.2. The number of carbonyl (C=O) groups is 2. The summed E-state index contributed by atoms with van der Waals surface area (Å²) >= 11 is 0. The summed E-state index contributed by atoms with van der Waals surface area (Å²) in [6.07, 6.45) is 0. The second-order valence-corrected chi connectivity index (χ2v) is 10.8. The third-order valence-electron chi connectivity index (χ3n) is 7.91. The number of nitrogens with one attached hydrogen (secondary N) is 3. The van der Waals surface area contributed by atoms with E-state index >= 15 is 0 Å². The number of carbonyl (C=O) groups excluding carboxylic acids is 2. The van der Waals surface area contributed by atoms with E-state index in [-0.39, 0.29) is 18.0 Å². The van der Waals surface area contributed by atoms with Crippen LogP contribution in [-0.4, -0.2) is 45.2 Å². The van der Waals surface area contributed by atoms with Gasteiger partial charge >= 0.3 is 6.03 Å². The van der Waals surface area contributed by atoms with Crippen molar-refractivity contribution in [1.29, 1.82) is 0 Å². The number of piperazine rings is 1. The van der Waals surface area contributed by atoms with Gasteiger partial charge in [0.1, 0.15) is 5.75 Å². The van der Waals surface area contributed by atoms with Gasteiger partial charge in [0, 0.05) is 43.2 Å². The zero-order chi connectivity index (χ0) is 30.3. The second-order valence-electron chi connectivity index (χ2n) is 10.8. The molecule has 4 aromatic carbocycles. The van der Waals surface area contributed by atoms with Crippen LogP contribution in [0.1, 0.15) is 40.0 Å². The minimum absolute atomic E-state index is 0.187. The summed E-state index contributed by atoms with van der Waals surface area (Å²) in [6, 6.07) is 28.8. The predicted octanol–water partition coefficient (Wildman–Crippen LogP) is 6.77. The first-order valence-corrected chi connectivity index (χ1v) is 14.6. The van der Waals surface area contributed by atoms with E-state index in [2.05, 4.69) is 31.8 Å². The molecule has 8 heteroatoms. The van der Waals surface area contributed by atoms with E-state index < -0.39 is 0 Å². The summed E-state index contributed by atoms with van der Waals surface area (Å²) in [5.74, 6) is 0.651. The van der Waals surface area contributed by atoms with Gasteiger partial charge < -0.3 is 30.5 Å². The van der Waals surface area contributed by atoms with Crippen molar-refractivity contribution in [1.82, 2.24) is 5.32 Å². The molecule has 0 radical (unpaired) electrons. The molecule has 0 aliphatic carbocycles. The summed E-state index contributed by atoms with van der Waals surface area (Å²) in [6.45, 7) is 8.90. The Bertz CT molecular complexity index is 1560. The maximum absolute atomic E-state index is 13.8. The van der Waals surface area contributed by atoms with E-state index in [4.69, 9.17) is 4.74 Å². The first-order valence-electron chi connectivity index (χ1n) is 14.6. The lowest BCUT2D eigenvalue weighted by Gasteiger charge is -2.38. The van der Waals surface area contributed by atoms with Gasteiger partial charge in [-0.2, -0.15) is 0 Å². The summed E-state index contributed by atoms with van der Waals surface area (Å²) in [4.78, 5) is 31.3. The number of aryl methyl sites for hydroxylation is 2. The van der Waals surface area contributed by atoms with Crippen LogP contribution < -0.4 is 30.5 Å². The van der Waals surface area contributed by atoms with Gasteiger partial charge in [0.25, 0.3) is 5.91 Å². The molecule has 43 heavy (non-hydrogen) atoms. The van der Waals surface area contributed by atoms with Gasteiger partial charge in [0.2, 0.25) is 0 Å². The van der Waals surface area contributed by atoms with Crippen LogP contribution in [0.4, 0.5) is 27.5 Å². The van der Waals surface area contributed by atoms with Crippen molar-refractivity contribution in [3.05, 3.63) is 113 Å². The number of anilines is 4. The molecule has 4 aromatic rings. The summed E-state index contributed by atoms with van der Waals surface area (Å²) in [5, 5.41) is 9.04. The van der Waals surface area contributed by atoms with Gasteiger partial charge in [-0.1, -0.05) is 60.7 Å². The molecule has 1 atom stereocenters. The molecule has 1 fully saturated rings. The van der Waals surface area contributed by atoms with Crippen LogP contribution in [-0.2, 0) is 0 Å². The number of methoxy groups -OCH3 is 1. The van der Waals surface area contributed by atoms with Crippen molar-refractivity contribution in [3.8, 4) is 5.75 Å². The molecule has 1 heterocycles. The maximum atomic E-state index is 13.8. The molecule has 3 N–H and O–H groups in total. The molecule has 222 valence electrons. The van der Waals surface area contributed by atoms with Gasteiger partial charge in [-0.3, -0.25) is 4.79 Å². The number of para-hydroxylation sites is 3. The van der Waals surface area contributed by atoms with Gasteiger partial charge in [0.15, 0.2) is 0 Å². The Morgan fingerprint density at radius 3 is 2.05 bits per heavy atom. The number of ether oxygens (including phenoxy) is 1. The highest BCUT2D eigenvalue weighted by Gasteiger charge is 2.24. The molecule has 5 rings (SSSR count). The van der Waals surface area contributed by atoms with E-state index in [9.17, 15) is 9.59 Å². The number of nitrogens with zero attached hydrogens (tertiary/aromatic N) is 2. The SMILES string of the molecule is COc1ccccc1N1CCN(c2ccc(NC(=O)Nc3c(C)cccc3C)cc2C(=O)NC(C)c2ccccc2)CC1. The molecule has 0 spiro atoms. The second kappa shape index (κ2) is 13.3. The Morgan fingerprint density at radius 2 is 1.37 bits per heavy atom. The first kappa shape index (κ1) is 29.5. The largest absolute Gasteiger partial charge is 0.495 e. The third-order valence-corrected chi connectivity index (χ3v) is 7.91. The van der Waals surface area contributed by atoms with Crippen LogP contribution in [0.5, 0.6) is 5.75 Å². The van der Waals surface area contributed by atoms with Crippen LogP contribution in [0.25, 0.3) is 0 Å². The van der Waals surface area contributed by atoms with Crippen molar-refractivity contribution in [2.75, 3.05) is 53.7 Å². The van der Waals surface area contributed by atoms with Crippen molar-refractivity contribution in [2.45, 2.75) is 26.8 Å². The fourth-order valence-electron chi connectivity index (χ4n) is 5.54. The Morgan fingerprint density at radius 1 is 0.744 bits per heavy atom. The van der Waals surface area contributed by atoms with Crippen molar-refractivity contribution in [2.24, 2.45) is 0 Å². The number of hydrogen-bond donors (Lipinski definition) is 3. The van der Waals surface area contributed by atoms with E-state index in [0.717, 1.165) is 65.7 Å². The van der Waals surface area contributed by atoms with Gasteiger partial charge in [-0.15, -0.1) is 0 Å². The molecule has 1 aliphatic rings. The van der Waals surface area contributed by atoms with Crippen molar-refractivity contribution >= 4 is 34.7 Å². The van der Waals surface area contributed by atoms with Gasteiger partial charge in [-0.25, -0.2) is 4.79 Å². The Kier molecular flexibility index (Phi) is 9.15. The maximum Gasteiger partial charge on any atom is 0.323 e. The van der Waals surface area contributed by atoms with Crippen LogP contribution >= 0.6 is 0 Å². The quantitative estimate of drug-likeness (QED) is 0.215. The smallest absolute Gasteiger partial charge is 0.323 e. The average molecular weight is 578 g/mol. The highest BCUT2D eigenvalue weighted by Crippen LogP contribution is 2.31. The summed E-state index contributed by atoms with van der Waals surface area (Å²) in [5.41, 5.74) is 6.70. The van der Waals surface area contributed by atoms with Crippen LogP contribution in [0.2, 0.25) is 0 Å².